The van der Waals surface area contributed by atoms with E-state index in [0.29, 0.717) is 19.4 Å². The molecular weight excluding hydrogens is 392 g/mol. The maximum atomic E-state index is 12.6. The normalized spacial score (nSPS) is 21.5. The topological polar surface area (TPSA) is 86.7 Å². The molecular formula is C13H19BrN2O4S2. The Bertz CT molecular complexity index is 630. The van der Waals surface area contributed by atoms with E-state index >= 15 is 0 Å². The lowest BCUT2D eigenvalue weighted by Crippen LogP contribution is -2.46. The molecule has 0 bridgehead atoms. The van der Waals surface area contributed by atoms with Crippen molar-refractivity contribution < 1.29 is 18.3 Å². The van der Waals surface area contributed by atoms with Crippen LogP contribution >= 0.6 is 27.3 Å². The van der Waals surface area contributed by atoms with Gasteiger partial charge in [-0.1, -0.05) is 0 Å². The summed E-state index contributed by atoms with van der Waals surface area (Å²) in [5.41, 5.74) is 0. The number of amides is 1. The molecule has 2 rings (SSSR count). The number of nitrogens with one attached hydrogen (secondary N) is 1. The fourth-order valence-electron chi connectivity index (χ4n) is 2.33. The van der Waals surface area contributed by atoms with Gasteiger partial charge in [-0.25, -0.2) is 8.42 Å². The fourth-order valence-corrected chi connectivity index (χ4v) is 6.02. The van der Waals surface area contributed by atoms with Gasteiger partial charge in [0.2, 0.25) is 5.91 Å². The van der Waals surface area contributed by atoms with Gasteiger partial charge in [0.05, 0.1) is 15.8 Å². The summed E-state index contributed by atoms with van der Waals surface area (Å²) < 4.78 is 27.6. The monoisotopic (exact) mass is 410 g/mol. The van der Waals surface area contributed by atoms with Crippen molar-refractivity contribution in [2.45, 2.75) is 30.1 Å². The molecule has 1 aliphatic rings. The maximum absolute atomic E-state index is 12.6. The Morgan fingerprint density at radius 3 is 2.91 bits per heavy atom. The van der Waals surface area contributed by atoms with Crippen LogP contribution in [0.2, 0.25) is 0 Å². The third-order valence-electron chi connectivity index (χ3n) is 3.47. The zero-order valence-corrected chi connectivity index (χ0v) is 15.4. The van der Waals surface area contributed by atoms with Gasteiger partial charge in [0.15, 0.2) is 0 Å². The molecule has 1 saturated heterocycles. The Kier molecular flexibility index (Phi) is 6.00. The second-order valence-electron chi connectivity index (χ2n) is 5.35. The molecule has 6 nitrogen and oxygen atoms in total. The number of aliphatic hydroxyl groups is 1. The number of aliphatic hydroxyl groups excluding tert-OH is 1. The van der Waals surface area contributed by atoms with Gasteiger partial charge in [-0.3, -0.25) is 4.79 Å². The van der Waals surface area contributed by atoms with Gasteiger partial charge >= 0.3 is 0 Å². The summed E-state index contributed by atoms with van der Waals surface area (Å²) in [6.45, 7) is 2.38. The predicted octanol–water partition coefficient (Wildman–Crippen LogP) is 1.41. The van der Waals surface area contributed by atoms with Crippen molar-refractivity contribution in [2.24, 2.45) is 5.92 Å². The van der Waals surface area contributed by atoms with E-state index in [0.717, 1.165) is 3.79 Å². The number of carbonyl (C=O) groups is 1. The molecule has 1 fully saturated rings. The van der Waals surface area contributed by atoms with Gasteiger partial charge < -0.3 is 10.4 Å². The summed E-state index contributed by atoms with van der Waals surface area (Å²) in [7, 11) is -3.55. The van der Waals surface area contributed by atoms with Gasteiger partial charge in [-0.05, 0) is 47.8 Å². The van der Waals surface area contributed by atoms with Crippen molar-refractivity contribution in [3.05, 3.63) is 15.9 Å². The average molecular weight is 411 g/mol. The van der Waals surface area contributed by atoms with E-state index in [-0.39, 0.29) is 29.1 Å². The largest absolute Gasteiger partial charge is 0.392 e. The van der Waals surface area contributed by atoms with E-state index in [1.807, 2.05) is 0 Å². The number of thiophene rings is 1. The third kappa shape index (κ3) is 4.29. The summed E-state index contributed by atoms with van der Waals surface area (Å²) in [6, 6.07) is 3.27. The second-order valence-corrected chi connectivity index (χ2v) is 9.98. The molecule has 2 N–H and O–H groups in total. The first-order valence-corrected chi connectivity index (χ1v) is 10.1. The van der Waals surface area contributed by atoms with Crippen LogP contribution < -0.4 is 5.32 Å². The highest BCUT2D eigenvalue weighted by molar-refractivity contribution is 9.11. The van der Waals surface area contributed by atoms with Crippen LogP contribution in [0, 0.1) is 5.92 Å². The number of hydrogen-bond acceptors (Lipinski definition) is 5. The van der Waals surface area contributed by atoms with Crippen LogP contribution in [0.5, 0.6) is 0 Å². The molecule has 2 unspecified atom stereocenters. The van der Waals surface area contributed by atoms with Gasteiger partial charge in [0.25, 0.3) is 10.0 Å². The summed E-state index contributed by atoms with van der Waals surface area (Å²) in [4.78, 5) is 12.1. The van der Waals surface area contributed by atoms with Gasteiger partial charge in [-0.15, -0.1) is 11.3 Å². The molecule has 0 aromatic carbocycles. The summed E-state index contributed by atoms with van der Waals surface area (Å²) in [6.07, 6.45) is 0.695. The number of halogens is 1. The molecule has 1 aliphatic heterocycles. The van der Waals surface area contributed by atoms with Crippen LogP contribution in [0.3, 0.4) is 0 Å². The van der Waals surface area contributed by atoms with Crippen LogP contribution in [-0.2, 0) is 14.8 Å². The van der Waals surface area contributed by atoms with Crippen molar-refractivity contribution in [1.82, 2.24) is 9.62 Å². The quantitative estimate of drug-likeness (QED) is 0.767. The predicted molar refractivity (Wildman–Crippen MR) is 88.2 cm³/mol. The smallest absolute Gasteiger partial charge is 0.252 e. The summed E-state index contributed by atoms with van der Waals surface area (Å²) in [5.74, 6) is -0.571. The summed E-state index contributed by atoms with van der Waals surface area (Å²) in [5, 5.41) is 11.9. The first kappa shape index (κ1) is 17.9. The summed E-state index contributed by atoms with van der Waals surface area (Å²) >= 11 is 4.43. The Morgan fingerprint density at radius 2 is 2.32 bits per heavy atom. The minimum atomic E-state index is -3.55. The molecule has 0 aliphatic carbocycles. The molecule has 2 heterocycles. The van der Waals surface area contributed by atoms with Crippen molar-refractivity contribution in [2.75, 3.05) is 19.6 Å². The lowest BCUT2D eigenvalue weighted by molar-refractivity contribution is -0.126. The highest BCUT2D eigenvalue weighted by Crippen LogP contribution is 2.30. The number of rotatable bonds is 5. The Morgan fingerprint density at radius 1 is 1.59 bits per heavy atom. The van der Waals surface area contributed by atoms with E-state index in [4.69, 9.17) is 0 Å². The number of sulfonamides is 1. The van der Waals surface area contributed by atoms with Gasteiger partial charge in [0, 0.05) is 19.6 Å². The van der Waals surface area contributed by atoms with Crippen molar-refractivity contribution in [1.29, 1.82) is 0 Å². The molecule has 0 radical (unpaired) electrons. The Labute approximate surface area is 142 Å². The maximum Gasteiger partial charge on any atom is 0.252 e. The van der Waals surface area contributed by atoms with E-state index in [1.54, 1.807) is 19.1 Å². The number of carbonyl (C=O) groups excluding carboxylic acids is 1. The number of hydrogen-bond donors (Lipinski definition) is 2. The van der Waals surface area contributed by atoms with Crippen LogP contribution in [0.25, 0.3) is 0 Å². The van der Waals surface area contributed by atoms with Crippen molar-refractivity contribution in [3.8, 4) is 0 Å². The minimum Gasteiger partial charge on any atom is -0.392 e. The molecule has 1 aromatic heterocycles. The van der Waals surface area contributed by atoms with E-state index < -0.39 is 16.1 Å². The van der Waals surface area contributed by atoms with E-state index in [1.165, 1.54) is 15.6 Å². The first-order valence-electron chi connectivity index (χ1n) is 7.02. The Hall–Kier alpha value is -0.480. The molecule has 9 heteroatoms. The van der Waals surface area contributed by atoms with Gasteiger partial charge in [-0.2, -0.15) is 4.31 Å². The van der Waals surface area contributed by atoms with Crippen molar-refractivity contribution in [3.63, 3.8) is 0 Å². The van der Waals surface area contributed by atoms with E-state index in [2.05, 4.69) is 21.2 Å². The SMILES string of the molecule is CC(O)CNC(=O)C1CCCN(S(=O)(=O)c2ccc(Br)s2)C1. The highest BCUT2D eigenvalue weighted by Gasteiger charge is 2.34. The van der Waals surface area contributed by atoms with Gasteiger partial charge in [0.1, 0.15) is 4.21 Å². The first-order chi connectivity index (χ1) is 10.3. The second kappa shape index (κ2) is 7.39. The number of piperidine rings is 1. The van der Waals surface area contributed by atoms with Crippen LogP contribution in [-0.4, -0.2) is 49.5 Å². The number of nitrogens with zero attached hydrogens (tertiary/aromatic N) is 1. The molecule has 1 aromatic rings. The molecule has 1 amide bonds. The standard InChI is InChI=1S/C13H19BrN2O4S2/c1-9(17)7-15-13(18)10-3-2-6-16(8-10)22(19,20)12-5-4-11(14)21-12/h4-5,9-10,17H,2-3,6-8H2,1H3,(H,15,18). The van der Waals surface area contributed by atoms with Crippen LogP contribution in [0.4, 0.5) is 0 Å². The molecule has 0 spiro atoms. The minimum absolute atomic E-state index is 0.181. The molecule has 22 heavy (non-hydrogen) atoms. The van der Waals surface area contributed by atoms with E-state index in [9.17, 15) is 18.3 Å². The zero-order valence-electron chi connectivity index (χ0n) is 12.2. The van der Waals surface area contributed by atoms with Crippen molar-refractivity contribution >= 4 is 43.2 Å². The molecule has 0 saturated carbocycles. The third-order valence-corrected chi connectivity index (χ3v) is 7.43. The molecule has 2 atom stereocenters. The lowest BCUT2D eigenvalue weighted by Gasteiger charge is -2.30. The lowest BCUT2D eigenvalue weighted by atomic mass is 9.99. The van der Waals surface area contributed by atoms with Crippen LogP contribution in [0.15, 0.2) is 20.1 Å². The highest BCUT2D eigenvalue weighted by atomic mass is 79.9. The Balaban J connectivity index is 2.05. The van der Waals surface area contributed by atoms with Crippen LogP contribution in [0.1, 0.15) is 19.8 Å². The molecule has 124 valence electrons. The average Bonchev–Trinajstić information content (AvgIpc) is 2.92. The fraction of sp³-hybridized carbons (Fsp3) is 0.615. The zero-order chi connectivity index (χ0) is 16.3.